The highest BCUT2D eigenvalue weighted by Crippen LogP contribution is 2.05. The van der Waals surface area contributed by atoms with E-state index in [0.717, 1.165) is 37.0 Å². The number of nitrogens with zero attached hydrogens (tertiary/aromatic N) is 6. The van der Waals surface area contributed by atoms with Gasteiger partial charge in [0.2, 0.25) is 5.95 Å². The molecule has 0 atom stereocenters. The van der Waals surface area contributed by atoms with E-state index in [4.69, 9.17) is 0 Å². The number of aromatic nitrogens is 7. The second-order valence-electron chi connectivity index (χ2n) is 3.58. The third kappa shape index (κ3) is 2.53. The van der Waals surface area contributed by atoms with Gasteiger partial charge in [-0.1, -0.05) is 0 Å². The van der Waals surface area contributed by atoms with E-state index in [-0.39, 0.29) is 0 Å². The van der Waals surface area contributed by atoms with Crippen molar-refractivity contribution in [3.63, 3.8) is 0 Å². The molecule has 0 radical (unpaired) electrons. The molecule has 0 aliphatic carbocycles. The van der Waals surface area contributed by atoms with Gasteiger partial charge in [-0.25, -0.2) is 10.2 Å². The van der Waals surface area contributed by atoms with Gasteiger partial charge in [-0.15, -0.1) is 5.10 Å². The van der Waals surface area contributed by atoms with Crippen molar-refractivity contribution in [3.8, 4) is 0 Å². The molecular formula is C8H14N8. The zero-order valence-corrected chi connectivity index (χ0v) is 9.30. The van der Waals surface area contributed by atoms with Crippen LogP contribution in [0.25, 0.3) is 0 Å². The van der Waals surface area contributed by atoms with Crippen LogP contribution in [0.5, 0.6) is 0 Å². The average Bonchev–Trinajstić information content (AvgIpc) is 2.89. The molecule has 0 aliphatic heterocycles. The number of tetrazole rings is 1. The van der Waals surface area contributed by atoms with Crippen molar-refractivity contribution in [1.82, 2.24) is 35.8 Å². The fraction of sp³-hybridized carbons (Fsp3) is 0.625. The number of H-pyrrole nitrogens is 2. The number of aryl methyl sites for hydroxylation is 2. The second kappa shape index (κ2) is 4.69. The summed E-state index contributed by atoms with van der Waals surface area (Å²) in [6.07, 6.45) is 1.78. The molecule has 0 saturated heterocycles. The molecule has 0 aliphatic rings. The summed E-state index contributed by atoms with van der Waals surface area (Å²) >= 11 is 0. The maximum absolute atomic E-state index is 4.24. The van der Waals surface area contributed by atoms with Gasteiger partial charge in [0.1, 0.15) is 11.6 Å². The van der Waals surface area contributed by atoms with Crippen LogP contribution in [0, 0.1) is 6.92 Å². The Kier molecular flexibility index (Phi) is 3.08. The van der Waals surface area contributed by atoms with Gasteiger partial charge in [0.25, 0.3) is 0 Å². The molecule has 8 nitrogen and oxygen atoms in total. The Morgan fingerprint density at radius 2 is 2.19 bits per heavy atom. The number of nitrogens with one attached hydrogen (secondary N) is 2. The quantitative estimate of drug-likeness (QED) is 0.720. The van der Waals surface area contributed by atoms with Crippen molar-refractivity contribution < 1.29 is 0 Å². The largest absolute Gasteiger partial charge is 0.344 e. The summed E-state index contributed by atoms with van der Waals surface area (Å²) in [5, 5.41) is 20.4. The standard InChI is InChI=1S/C8H14N8/c1-6-9-8(13-10-6)16(2)5-3-4-7-11-14-15-12-7/h3-5H2,1-2H3,(H,9,10,13)(H,11,12,14,15). The number of hydrogen-bond donors (Lipinski definition) is 2. The van der Waals surface area contributed by atoms with Gasteiger partial charge in [-0.05, 0) is 23.8 Å². The summed E-state index contributed by atoms with van der Waals surface area (Å²) in [5.41, 5.74) is 0. The van der Waals surface area contributed by atoms with Crippen molar-refractivity contribution in [2.24, 2.45) is 0 Å². The maximum atomic E-state index is 4.24. The minimum Gasteiger partial charge on any atom is -0.344 e. The van der Waals surface area contributed by atoms with Crippen molar-refractivity contribution in [2.75, 3.05) is 18.5 Å². The number of aromatic amines is 2. The molecule has 2 N–H and O–H groups in total. The van der Waals surface area contributed by atoms with Crippen LogP contribution in [0.15, 0.2) is 0 Å². The van der Waals surface area contributed by atoms with E-state index in [1.165, 1.54) is 0 Å². The van der Waals surface area contributed by atoms with Crippen LogP contribution < -0.4 is 4.90 Å². The van der Waals surface area contributed by atoms with Crippen molar-refractivity contribution in [2.45, 2.75) is 19.8 Å². The van der Waals surface area contributed by atoms with E-state index in [1.807, 2.05) is 18.9 Å². The fourth-order valence-electron chi connectivity index (χ4n) is 1.38. The molecule has 2 aromatic heterocycles. The summed E-state index contributed by atoms with van der Waals surface area (Å²) in [7, 11) is 1.97. The van der Waals surface area contributed by atoms with Crippen molar-refractivity contribution >= 4 is 5.95 Å². The van der Waals surface area contributed by atoms with Gasteiger partial charge in [0.05, 0.1) is 0 Å². The first-order chi connectivity index (χ1) is 7.75. The molecule has 0 amide bonds. The molecule has 2 rings (SSSR count). The maximum Gasteiger partial charge on any atom is 0.221 e. The highest BCUT2D eigenvalue weighted by molar-refractivity contribution is 5.26. The van der Waals surface area contributed by atoms with Crippen LogP contribution in [0.2, 0.25) is 0 Å². The first-order valence-corrected chi connectivity index (χ1v) is 5.08. The molecule has 8 heteroatoms. The highest BCUT2D eigenvalue weighted by atomic mass is 15.5. The van der Waals surface area contributed by atoms with Crippen LogP contribution in [0.1, 0.15) is 18.1 Å². The number of rotatable bonds is 5. The Labute approximate surface area is 92.5 Å². The van der Waals surface area contributed by atoms with Crippen LogP contribution in [-0.4, -0.2) is 49.4 Å². The number of hydrogen-bond acceptors (Lipinski definition) is 6. The Morgan fingerprint density at radius 3 is 2.81 bits per heavy atom. The number of anilines is 1. The predicted molar refractivity (Wildman–Crippen MR) is 56.9 cm³/mol. The molecule has 0 fully saturated rings. The normalized spacial score (nSPS) is 10.6. The summed E-state index contributed by atoms with van der Waals surface area (Å²) in [6.45, 7) is 2.73. The second-order valence-corrected chi connectivity index (χ2v) is 3.58. The van der Waals surface area contributed by atoms with Crippen molar-refractivity contribution in [3.05, 3.63) is 11.6 Å². The zero-order valence-electron chi connectivity index (χ0n) is 9.30. The predicted octanol–water partition coefficient (Wildman–Crippen LogP) is -0.305. The van der Waals surface area contributed by atoms with Crippen LogP contribution >= 0.6 is 0 Å². The molecule has 2 aromatic rings. The molecule has 0 bridgehead atoms. The monoisotopic (exact) mass is 222 g/mol. The molecular weight excluding hydrogens is 208 g/mol. The zero-order chi connectivity index (χ0) is 11.4. The summed E-state index contributed by atoms with van der Waals surface area (Å²) in [4.78, 5) is 6.26. The minimum atomic E-state index is 0.751. The van der Waals surface area contributed by atoms with Gasteiger partial charge < -0.3 is 4.90 Å². The summed E-state index contributed by atoms with van der Waals surface area (Å²) in [6, 6.07) is 0. The third-order valence-corrected chi connectivity index (χ3v) is 2.24. The first-order valence-electron chi connectivity index (χ1n) is 5.08. The lowest BCUT2D eigenvalue weighted by atomic mass is 10.3. The Balaban J connectivity index is 1.78. The van der Waals surface area contributed by atoms with E-state index in [9.17, 15) is 0 Å². The van der Waals surface area contributed by atoms with Gasteiger partial charge >= 0.3 is 0 Å². The molecule has 0 spiro atoms. The molecule has 2 heterocycles. The summed E-state index contributed by atoms with van der Waals surface area (Å²) < 4.78 is 0. The topological polar surface area (TPSA) is 99.3 Å². The molecule has 86 valence electrons. The van der Waals surface area contributed by atoms with Crippen LogP contribution in [0.4, 0.5) is 5.95 Å². The first kappa shape index (κ1) is 10.5. The Hall–Kier alpha value is -1.99. The Morgan fingerprint density at radius 1 is 1.31 bits per heavy atom. The van der Waals surface area contributed by atoms with Crippen LogP contribution in [-0.2, 0) is 6.42 Å². The average molecular weight is 222 g/mol. The lowest BCUT2D eigenvalue weighted by Crippen LogP contribution is -2.20. The SMILES string of the molecule is Cc1n[nH]c(N(C)CCCc2nnn[nH]2)n1. The van der Waals surface area contributed by atoms with Crippen LogP contribution in [0.3, 0.4) is 0 Å². The molecule has 0 aromatic carbocycles. The highest BCUT2D eigenvalue weighted by Gasteiger charge is 2.05. The van der Waals surface area contributed by atoms with Gasteiger partial charge in [-0.3, -0.25) is 0 Å². The smallest absolute Gasteiger partial charge is 0.221 e. The lowest BCUT2D eigenvalue weighted by molar-refractivity contribution is 0.739. The third-order valence-electron chi connectivity index (χ3n) is 2.24. The minimum absolute atomic E-state index is 0.751. The van der Waals surface area contributed by atoms with Gasteiger partial charge in [0, 0.05) is 20.0 Å². The van der Waals surface area contributed by atoms with E-state index in [0.29, 0.717) is 0 Å². The lowest BCUT2D eigenvalue weighted by Gasteiger charge is -2.14. The molecule has 16 heavy (non-hydrogen) atoms. The van der Waals surface area contributed by atoms with E-state index in [1.54, 1.807) is 0 Å². The molecule has 0 unspecified atom stereocenters. The molecule has 0 saturated carbocycles. The van der Waals surface area contributed by atoms with Gasteiger partial charge in [-0.2, -0.15) is 10.1 Å². The Bertz CT molecular complexity index is 419. The van der Waals surface area contributed by atoms with Crippen molar-refractivity contribution in [1.29, 1.82) is 0 Å². The van der Waals surface area contributed by atoms with E-state index >= 15 is 0 Å². The van der Waals surface area contributed by atoms with E-state index in [2.05, 4.69) is 35.8 Å². The van der Waals surface area contributed by atoms with Gasteiger partial charge in [0.15, 0.2) is 0 Å². The summed E-state index contributed by atoms with van der Waals surface area (Å²) in [5.74, 6) is 2.34. The van der Waals surface area contributed by atoms with E-state index < -0.39 is 0 Å². The fourth-order valence-corrected chi connectivity index (χ4v) is 1.38.